The highest BCUT2D eigenvalue weighted by molar-refractivity contribution is 5.82. The van der Waals surface area contributed by atoms with Gasteiger partial charge in [-0.3, -0.25) is 4.79 Å². The van der Waals surface area contributed by atoms with Gasteiger partial charge in [-0.1, -0.05) is 0 Å². The zero-order chi connectivity index (χ0) is 10.2. The first kappa shape index (κ1) is 11.7. The van der Waals surface area contributed by atoms with Gasteiger partial charge in [0.1, 0.15) is 5.78 Å². The van der Waals surface area contributed by atoms with Gasteiger partial charge in [0.25, 0.3) is 0 Å². The van der Waals surface area contributed by atoms with E-state index in [2.05, 4.69) is 0 Å². The van der Waals surface area contributed by atoms with Crippen molar-refractivity contribution in [1.82, 2.24) is 0 Å². The van der Waals surface area contributed by atoms with E-state index in [1.807, 2.05) is 0 Å². The summed E-state index contributed by atoms with van der Waals surface area (Å²) in [4.78, 5) is 11.3. The molecule has 1 fully saturated rings. The van der Waals surface area contributed by atoms with E-state index >= 15 is 0 Å². The molecule has 1 atom stereocenters. The molecule has 0 aromatic heterocycles. The predicted molar refractivity (Wildman–Crippen MR) is 54.3 cm³/mol. The van der Waals surface area contributed by atoms with Crippen molar-refractivity contribution in [3.63, 3.8) is 0 Å². The number of ether oxygens (including phenoxy) is 2. The van der Waals surface area contributed by atoms with E-state index in [1.54, 1.807) is 7.11 Å². The lowest BCUT2D eigenvalue weighted by Gasteiger charge is -2.07. The highest BCUT2D eigenvalue weighted by atomic mass is 16.5. The molecule has 1 rings (SSSR count). The Morgan fingerprint density at radius 2 is 2.21 bits per heavy atom. The van der Waals surface area contributed by atoms with Crippen LogP contribution in [0.4, 0.5) is 0 Å². The predicted octanol–water partition coefficient (Wildman–Crippen LogP) is 1.80. The van der Waals surface area contributed by atoms with E-state index < -0.39 is 0 Å². The maximum Gasteiger partial charge on any atom is 0.136 e. The van der Waals surface area contributed by atoms with E-state index in [4.69, 9.17) is 9.47 Å². The number of ketones is 1. The Bertz CT molecular complexity index is 168. The molecule has 0 radical (unpaired) electrons. The average Bonchev–Trinajstić information content (AvgIpc) is 2.58. The third kappa shape index (κ3) is 4.20. The number of carbonyl (C=O) groups is 1. The van der Waals surface area contributed by atoms with E-state index in [9.17, 15) is 4.79 Å². The standard InChI is InChI=1S/C11H20O3/c1-13-7-3-8-14-9-6-10-4-2-5-11(10)12/h10H,2-9H2,1H3. The van der Waals surface area contributed by atoms with Crippen LogP contribution < -0.4 is 0 Å². The van der Waals surface area contributed by atoms with E-state index in [0.29, 0.717) is 5.78 Å². The van der Waals surface area contributed by atoms with Crippen molar-refractivity contribution < 1.29 is 14.3 Å². The average molecular weight is 200 g/mol. The van der Waals surface area contributed by atoms with Crippen molar-refractivity contribution in [2.75, 3.05) is 26.9 Å². The summed E-state index contributed by atoms with van der Waals surface area (Å²) < 4.78 is 10.3. The molecule has 0 aromatic carbocycles. The summed E-state index contributed by atoms with van der Waals surface area (Å²) in [6.07, 6.45) is 4.78. The van der Waals surface area contributed by atoms with Gasteiger partial charge in [-0.2, -0.15) is 0 Å². The van der Waals surface area contributed by atoms with Gasteiger partial charge in [0.05, 0.1) is 0 Å². The molecule has 0 N–H and O–H groups in total. The Morgan fingerprint density at radius 3 is 2.86 bits per heavy atom. The van der Waals surface area contributed by atoms with Crippen LogP contribution in [0.2, 0.25) is 0 Å². The van der Waals surface area contributed by atoms with Gasteiger partial charge in [-0.05, 0) is 25.7 Å². The monoisotopic (exact) mass is 200 g/mol. The normalized spacial score (nSPS) is 21.8. The second-order valence-electron chi connectivity index (χ2n) is 3.80. The number of hydrogen-bond acceptors (Lipinski definition) is 3. The highest BCUT2D eigenvalue weighted by Crippen LogP contribution is 2.23. The quantitative estimate of drug-likeness (QED) is 0.588. The fourth-order valence-electron chi connectivity index (χ4n) is 1.83. The SMILES string of the molecule is COCCCOCCC1CCCC1=O. The number of rotatable bonds is 7. The first-order valence-electron chi connectivity index (χ1n) is 5.44. The molecule has 3 nitrogen and oxygen atoms in total. The molecular formula is C11H20O3. The molecule has 0 spiro atoms. The van der Waals surface area contributed by atoms with Crippen molar-refractivity contribution in [2.45, 2.75) is 32.1 Å². The first-order chi connectivity index (χ1) is 6.84. The van der Waals surface area contributed by atoms with Crippen LogP contribution in [0.5, 0.6) is 0 Å². The molecule has 0 aromatic rings. The summed E-state index contributed by atoms with van der Waals surface area (Å²) in [5.41, 5.74) is 0. The van der Waals surface area contributed by atoms with Crippen LogP contribution in [0, 0.1) is 5.92 Å². The van der Waals surface area contributed by atoms with Crippen LogP contribution in [-0.2, 0) is 14.3 Å². The van der Waals surface area contributed by atoms with Gasteiger partial charge in [-0.25, -0.2) is 0 Å². The zero-order valence-corrected chi connectivity index (χ0v) is 8.96. The molecule has 0 saturated heterocycles. The summed E-state index contributed by atoms with van der Waals surface area (Å²) in [6, 6.07) is 0. The Kier molecular flexibility index (Phi) is 5.80. The smallest absolute Gasteiger partial charge is 0.136 e. The minimum Gasteiger partial charge on any atom is -0.385 e. The van der Waals surface area contributed by atoms with Gasteiger partial charge in [0.2, 0.25) is 0 Å². The van der Waals surface area contributed by atoms with Crippen LogP contribution in [0.1, 0.15) is 32.1 Å². The maximum atomic E-state index is 11.3. The van der Waals surface area contributed by atoms with Crippen molar-refractivity contribution in [1.29, 1.82) is 0 Å². The first-order valence-corrected chi connectivity index (χ1v) is 5.44. The largest absolute Gasteiger partial charge is 0.385 e. The number of hydrogen-bond donors (Lipinski definition) is 0. The number of Topliss-reactive ketones (excluding diaryl/α,β-unsaturated/α-hetero) is 1. The van der Waals surface area contributed by atoms with Crippen LogP contribution in [0.3, 0.4) is 0 Å². The zero-order valence-electron chi connectivity index (χ0n) is 8.96. The van der Waals surface area contributed by atoms with Crippen LogP contribution in [0.15, 0.2) is 0 Å². The van der Waals surface area contributed by atoms with E-state index in [-0.39, 0.29) is 5.92 Å². The van der Waals surface area contributed by atoms with Crippen molar-refractivity contribution in [3.05, 3.63) is 0 Å². The number of methoxy groups -OCH3 is 1. The molecule has 1 unspecified atom stereocenters. The Morgan fingerprint density at radius 1 is 1.36 bits per heavy atom. The summed E-state index contributed by atoms with van der Waals surface area (Å²) in [7, 11) is 1.69. The fourth-order valence-corrected chi connectivity index (χ4v) is 1.83. The minimum atomic E-state index is 0.289. The van der Waals surface area contributed by atoms with Gasteiger partial charge >= 0.3 is 0 Å². The molecule has 1 aliphatic rings. The van der Waals surface area contributed by atoms with Crippen LogP contribution in [0.25, 0.3) is 0 Å². The fraction of sp³-hybridized carbons (Fsp3) is 0.909. The molecular weight excluding hydrogens is 180 g/mol. The molecule has 0 aliphatic heterocycles. The van der Waals surface area contributed by atoms with Crippen molar-refractivity contribution >= 4 is 5.78 Å². The molecule has 82 valence electrons. The van der Waals surface area contributed by atoms with Crippen LogP contribution >= 0.6 is 0 Å². The summed E-state index contributed by atoms with van der Waals surface area (Å²) in [5.74, 6) is 0.725. The lowest BCUT2D eigenvalue weighted by atomic mass is 10.0. The summed E-state index contributed by atoms with van der Waals surface area (Å²) in [5, 5.41) is 0. The summed E-state index contributed by atoms with van der Waals surface area (Å²) >= 11 is 0. The third-order valence-corrected chi connectivity index (χ3v) is 2.68. The van der Waals surface area contributed by atoms with Gasteiger partial charge < -0.3 is 9.47 Å². The lowest BCUT2D eigenvalue weighted by molar-refractivity contribution is -0.121. The van der Waals surface area contributed by atoms with Crippen LogP contribution in [-0.4, -0.2) is 32.7 Å². The van der Waals surface area contributed by atoms with E-state index in [0.717, 1.165) is 51.9 Å². The minimum absolute atomic E-state index is 0.289. The topological polar surface area (TPSA) is 35.5 Å². The molecule has 0 heterocycles. The van der Waals surface area contributed by atoms with Gasteiger partial charge in [0, 0.05) is 39.3 Å². The molecule has 3 heteroatoms. The molecule has 1 saturated carbocycles. The second kappa shape index (κ2) is 6.96. The van der Waals surface area contributed by atoms with Crippen molar-refractivity contribution in [2.24, 2.45) is 5.92 Å². The second-order valence-corrected chi connectivity index (χ2v) is 3.80. The van der Waals surface area contributed by atoms with Crippen molar-refractivity contribution in [3.8, 4) is 0 Å². The Hall–Kier alpha value is -0.410. The molecule has 14 heavy (non-hydrogen) atoms. The Balaban J connectivity index is 1.90. The summed E-state index contributed by atoms with van der Waals surface area (Å²) in [6.45, 7) is 2.22. The maximum absolute atomic E-state index is 11.3. The Labute approximate surface area is 85.8 Å². The third-order valence-electron chi connectivity index (χ3n) is 2.68. The van der Waals surface area contributed by atoms with Gasteiger partial charge in [-0.15, -0.1) is 0 Å². The lowest BCUT2D eigenvalue weighted by Crippen LogP contribution is -2.10. The highest BCUT2D eigenvalue weighted by Gasteiger charge is 2.23. The molecule has 0 amide bonds. The van der Waals surface area contributed by atoms with Gasteiger partial charge in [0.15, 0.2) is 0 Å². The number of carbonyl (C=O) groups excluding carboxylic acids is 1. The molecule has 0 bridgehead atoms. The van der Waals surface area contributed by atoms with E-state index in [1.165, 1.54) is 0 Å². The molecule has 1 aliphatic carbocycles.